The Morgan fingerprint density at radius 1 is 1.07 bits per heavy atom. The third-order valence-corrected chi connectivity index (χ3v) is 6.45. The minimum atomic E-state index is 0.779. The summed E-state index contributed by atoms with van der Waals surface area (Å²) in [6.07, 6.45) is 3.68. The minimum absolute atomic E-state index is 0.779. The summed E-state index contributed by atoms with van der Waals surface area (Å²) in [7, 11) is 4.35. The van der Waals surface area contributed by atoms with E-state index in [9.17, 15) is 0 Å². The number of imidazole rings is 1. The maximum atomic E-state index is 5.98. The highest BCUT2D eigenvalue weighted by molar-refractivity contribution is 6.30. The summed E-state index contributed by atoms with van der Waals surface area (Å²) in [4.78, 5) is 9.87. The molecule has 0 bridgehead atoms. The van der Waals surface area contributed by atoms with Crippen molar-refractivity contribution in [3.63, 3.8) is 0 Å². The molecule has 0 amide bonds. The highest BCUT2D eigenvalue weighted by Gasteiger charge is 2.21. The average Bonchev–Trinajstić information content (AvgIpc) is 3.04. The molecule has 0 aliphatic carbocycles. The SMILES string of the molecule is CN(Cc1nc2ccccc2n1C)CC1CCN(CCc2ccc(Cl)cc2)CC1. The Kier molecular flexibility index (Phi) is 6.53. The van der Waals surface area contributed by atoms with Gasteiger partial charge in [-0.3, -0.25) is 4.90 Å². The van der Waals surface area contributed by atoms with Crippen LogP contribution in [0.4, 0.5) is 0 Å². The molecule has 2 heterocycles. The van der Waals surface area contributed by atoms with Gasteiger partial charge in [-0.15, -0.1) is 0 Å². The molecule has 1 aliphatic heterocycles. The number of rotatable bonds is 7. The molecule has 1 saturated heterocycles. The van der Waals surface area contributed by atoms with Crippen molar-refractivity contribution in [3.8, 4) is 0 Å². The van der Waals surface area contributed by atoms with Gasteiger partial charge in [0.2, 0.25) is 0 Å². The van der Waals surface area contributed by atoms with Crippen LogP contribution in [-0.2, 0) is 20.0 Å². The van der Waals surface area contributed by atoms with Crippen molar-refractivity contribution >= 4 is 22.6 Å². The van der Waals surface area contributed by atoms with E-state index < -0.39 is 0 Å². The second kappa shape index (κ2) is 9.29. The highest BCUT2D eigenvalue weighted by atomic mass is 35.5. The quantitative estimate of drug-likeness (QED) is 0.568. The zero-order valence-corrected chi connectivity index (χ0v) is 18.3. The predicted molar refractivity (Wildman–Crippen MR) is 121 cm³/mol. The van der Waals surface area contributed by atoms with Crippen LogP contribution in [0.1, 0.15) is 24.2 Å². The van der Waals surface area contributed by atoms with Crippen molar-refractivity contribution in [2.24, 2.45) is 13.0 Å². The molecule has 0 unspecified atom stereocenters. The highest BCUT2D eigenvalue weighted by Crippen LogP contribution is 2.20. The van der Waals surface area contributed by atoms with E-state index in [1.165, 1.54) is 37.0 Å². The number of hydrogen-bond donors (Lipinski definition) is 0. The van der Waals surface area contributed by atoms with Crippen molar-refractivity contribution in [3.05, 3.63) is 64.9 Å². The normalized spacial score (nSPS) is 16.1. The molecular formula is C24H31ClN4. The van der Waals surface area contributed by atoms with Crippen molar-refractivity contribution in [2.75, 3.05) is 33.2 Å². The molecule has 0 spiro atoms. The molecule has 0 radical (unpaired) electrons. The summed E-state index contributed by atoms with van der Waals surface area (Å²) in [6.45, 7) is 5.61. The van der Waals surface area contributed by atoms with Crippen molar-refractivity contribution in [1.29, 1.82) is 0 Å². The molecule has 1 aliphatic rings. The molecule has 3 aromatic rings. The molecule has 0 atom stereocenters. The van der Waals surface area contributed by atoms with Gasteiger partial charge in [0, 0.05) is 25.2 Å². The monoisotopic (exact) mass is 410 g/mol. The van der Waals surface area contributed by atoms with Gasteiger partial charge in [0.05, 0.1) is 17.6 Å². The van der Waals surface area contributed by atoms with Gasteiger partial charge in [-0.25, -0.2) is 4.98 Å². The zero-order chi connectivity index (χ0) is 20.2. The number of para-hydroxylation sites is 2. The number of likely N-dealkylation sites (tertiary alicyclic amines) is 1. The minimum Gasteiger partial charge on any atom is -0.330 e. The van der Waals surface area contributed by atoms with Crippen molar-refractivity contribution in [1.82, 2.24) is 19.4 Å². The largest absolute Gasteiger partial charge is 0.330 e. The standard InChI is InChI=1S/C24H31ClN4/c1-27(18-24-26-22-5-3-4-6-23(22)28(24)2)17-20-12-15-29(16-13-20)14-11-19-7-9-21(25)10-8-19/h3-10,20H,11-18H2,1-2H3. The molecule has 29 heavy (non-hydrogen) atoms. The van der Waals surface area contributed by atoms with Gasteiger partial charge in [-0.05, 0) is 75.1 Å². The number of fused-ring (bicyclic) bond motifs is 1. The lowest BCUT2D eigenvalue weighted by atomic mass is 9.96. The van der Waals surface area contributed by atoms with Crippen molar-refractivity contribution < 1.29 is 0 Å². The van der Waals surface area contributed by atoms with Gasteiger partial charge < -0.3 is 9.47 Å². The van der Waals surface area contributed by atoms with E-state index in [0.717, 1.165) is 48.3 Å². The Balaban J connectivity index is 1.22. The molecular weight excluding hydrogens is 380 g/mol. The Bertz CT molecular complexity index is 926. The summed E-state index contributed by atoms with van der Waals surface area (Å²) in [5.74, 6) is 1.93. The molecule has 0 N–H and O–H groups in total. The van der Waals surface area contributed by atoms with E-state index in [4.69, 9.17) is 16.6 Å². The van der Waals surface area contributed by atoms with Crippen LogP contribution in [0.15, 0.2) is 48.5 Å². The van der Waals surface area contributed by atoms with E-state index in [-0.39, 0.29) is 0 Å². The molecule has 4 rings (SSSR count). The van der Waals surface area contributed by atoms with Crippen LogP contribution in [0.5, 0.6) is 0 Å². The molecule has 2 aromatic carbocycles. The van der Waals surface area contributed by atoms with Crippen LogP contribution < -0.4 is 0 Å². The molecule has 1 aromatic heterocycles. The van der Waals surface area contributed by atoms with E-state index in [2.05, 4.69) is 64.9 Å². The first-order valence-electron chi connectivity index (χ1n) is 10.6. The molecule has 154 valence electrons. The van der Waals surface area contributed by atoms with E-state index in [0.29, 0.717) is 0 Å². The van der Waals surface area contributed by atoms with Gasteiger partial charge in [-0.2, -0.15) is 0 Å². The maximum Gasteiger partial charge on any atom is 0.123 e. The molecule has 0 saturated carbocycles. The van der Waals surface area contributed by atoms with Gasteiger partial charge >= 0.3 is 0 Å². The summed E-state index contributed by atoms with van der Waals surface area (Å²) in [6, 6.07) is 16.6. The molecule has 5 heteroatoms. The smallest absolute Gasteiger partial charge is 0.123 e. The second-order valence-corrected chi connectivity index (χ2v) is 8.87. The first-order valence-corrected chi connectivity index (χ1v) is 11.0. The van der Waals surface area contributed by atoms with E-state index >= 15 is 0 Å². The van der Waals surface area contributed by atoms with Gasteiger partial charge in [0.15, 0.2) is 0 Å². The first-order chi connectivity index (χ1) is 14.1. The molecule has 4 nitrogen and oxygen atoms in total. The van der Waals surface area contributed by atoms with Crippen molar-refractivity contribution in [2.45, 2.75) is 25.8 Å². The Labute approximate surface area is 179 Å². The zero-order valence-electron chi connectivity index (χ0n) is 17.5. The summed E-state index contributed by atoms with van der Waals surface area (Å²) in [5, 5.41) is 0.817. The van der Waals surface area contributed by atoms with Gasteiger partial charge in [0.1, 0.15) is 5.82 Å². The summed E-state index contributed by atoms with van der Waals surface area (Å²) in [5.41, 5.74) is 3.68. The average molecular weight is 411 g/mol. The summed E-state index contributed by atoms with van der Waals surface area (Å²) < 4.78 is 2.23. The number of aromatic nitrogens is 2. The predicted octanol–water partition coefficient (Wildman–Crippen LogP) is 4.61. The van der Waals surface area contributed by atoms with Crippen LogP contribution >= 0.6 is 11.6 Å². The number of nitrogens with zero attached hydrogens (tertiary/aromatic N) is 4. The Hall–Kier alpha value is -1.88. The lowest BCUT2D eigenvalue weighted by Crippen LogP contribution is -2.38. The van der Waals surface area contributed by atoms with Crippen LogP contribution in [0.25, 0.3) is 11.0 Å². The topological polar surface area (TPSA) is 24.3 Å². The maximum absolute atomic E-state index is 5.98. The van der Waals surface area contributed by atoms with Crippen LogP contribution in [0.3, 0.4) is 0 Å². The van der Waals surface area contributed by atoms with E-state index in [1.54, 1.807) is 0 Å². The first kappa shape index (κ1) is 20.4. The molecule has 1 fully saturated rings. The third kappa shape index (κ3) is 5.19. The van der Waals surface area contributed by atoms with Crippen LogP contribution in [0.2, 0.25) is 5.02 Å². The fourth-order valence-corrected chi connectivity index (χ4v) is 4.54. The fraction of sp³-hybridized carbons (Fsp3) is 0.458. The lowest BCUT2D eigenvalue weighted by molar-refractivity contribution is 0.152. The van der Waals surface area contributed by atoms with Gasteiger partial charge in [0.25, 0.3) is 0 Å². The van der Waals surface area contributed by atoms with Crippen LogP contribution in [-0.4, -0.2) is 52.6 Å². The second-order valence-electron chi connectivity index (χ2n) is 8.43. The van der Waals surface area contributed by atoms with Crippen LogP contribution in [0, 0.1) is 5.92 Å². The van der Waals surface area contributed by atoms with Gasteiger partial charge in [-0.1, -0.05) is 35.9 Å². The third-order valence-electron chi connectivity index (χ3n) is 6.20. The fourth-order valence-electron chi connectivity index (χ4n) is 4.41. The Morgan fingerprint density at radius 3 is 2.52 bits per heavy atom. The van der Waals surface area contributed by atoms with E-state index in [1.807, 2.05) is 12.1 Å². The lowest BCUT2D eigenvalue weighted by Gasteiger charge is -2.33. The Morgan fingerprint density at radius 2 is 1.79 bits per heavy atom. The number of halogens is 1. The summed E-state index contributed by atoms with van der Waals surface area (Å²) >= 11 is 5.98. The number of benzene rings is 2. The number of piperidine rings is 1. The number of hydrogen-bond acceptors (Lipinski definition) is 3. The number of aryl methyl sites for hydroxylation is 1.